The van der Waals surface area contributed by atoms with Crippen molar-refractivity contribution in [3.8, 4) is 0 Å². The first-order valence-electron chi connectivity index (χ1n) is 8.41. The Morgan fingerprint density at radius 1 is 1.38 bits per heavy atom. The minimum absolute atomic E-state index is 0.0983. The van der Waals surface area contributed by atoms with E-state index >= 15 is 0 Å². The molecule has 1 aliphatic carbocycles. The molecule has 5 heteroatoms. The quantitative estimate of drug-likeness (QED) is 0.901. The van der Waals surface area contributed by atoms with E-state index in [1.54, 1.807) is 19.2 Å². The van der Waals surface area contributed by atoms with Crippen LogP contribution in [0.25, 0.3) is 0 Å². The monoisotopic (exact) mass is 337 g/mol. The summed E-state index contributed by atoms with van der Waals surface area (Å²) < 4.78 is 19.5. The van der Waals surface area contributed by atoms with Crippen LogP contribution in [0, 0.1) is 5.82 Å². The van der Waals surface area contributed by atoms with Crippen LogP contribution in [-0.4, -0.2) is 34.8 Å². The van der Waals surface area contributed by atoms with Crippen LogP contribution in [0.2, 0.25) is 0 Å². The van der Waals surface area contributed by atoms with E-state index in [2.05, 4.69) is 0 Å². The molecular weight excluding hydrogens is 309 g/mol. The largest absolute Gasteiger partial charge is 0.444 e. The SMILES string of the molecule is CC(C)c1ccc(C2(O)CC(N(C)C(=O)OC(C)(C)C)C2)cc1F. The van der Waals surface area contributed by atoms with E-state index in [1.807, 2.05) is 34.6 Å². The van der Waals surface area contributed by atoms with E-state index in [0.717, 1.165) is 0 Å². The fourth-order valence-corrected chi connectivity index (χ4v) is 3.00. The van der Waals surface area contributed by atoms with Gasteiger partial charge in [0.2, 0.25) is 0 Å². The van der Waals surface area contributed by atoms with E-state index < -0.39 is 17.3 Å². The van der Waals surface area contributed by atoms with Crippen molar-refractivity contribution in [3.05, 3.63) is 35.1 Å². The maximum atomic E-state index is 14.2. The zero-order valence-electron chi connectivity index (χ0n) is 15.4. The summed E-state index contributed by atoms with van der Waals surface area (Å²) in [6.07, 6.45) is 0.350. The lowest BCUT2D eigenvalue weighted by Crippen LogP contribution is -2.54. The highest BCUT2D eigenvalue weighted by Crippen LogP contribution is 2.44. The Bertz CT molecular complexity index is 616. The summed E-state index contributed by atoms with van der Waals surface area (Å²) in [5, 5.41) is 10.7. The maximum absolute atomic E-state index is 14.2. The summed E-state index contributed by atoms with van der Waals surface area (Å²) >= 11 is 0. The third-order valence-electron chi connectivity index (χ3n) is 4.54. The number of hydrogen-bond donors (Lipinski definition) is 1. The average Bonchev–Trinajstić information content (AvgIpc) is 2.40. The predicted molar refractivity (Wildman–Crippen MR) is 91.4 cm³/mol. The number of aliphatic hydroxyl groups is 1. The molecule has 4 nitrogen and oxygen atoms in total. The Hall–Kier alpha value is -1.62. The number of carbonyl (C=O) groups is 1. The van der Waals surface area contributed by atoms with Crippen LogP contribution in [0.1, 0.15) is 64.5 Å². The molecule has 1 aliphatic rings. The fraction of sp³-hybridized carbons (Fsp3) is 0.632. The lowest BCUT2D eigenvalue weighted by Gasteiger charge is -2.47. The van der Waals surface area contributed by atoms with Gasteiger partial charge in [0.1, 0.15) is 11.4 Å². The van der Waals surface area contributed by atoms with Crippen molar-refractivity contribution < 1.29 is 19.0 Å². The van der Waals surface area contributed by atoms with Crippen LogP contribution in [0.5, 0.6) is 0 Å². The molecule has 1 fully saturated rings. The van der Waals surface area contributed by atoms with Crippen molar-refractivity contribution in [3.63, 3.8) is 0 Å². The molecule has 1 amide bonds. The van der Waals surface area contributed by atoms with Gasteiger partial charge in [-0.05, 0) is 43.9 Å². The van der Waals surface area contributed by atoms with Gasteiger partial charge < -0.3 is 14.7 Å². The topological polar surface area (TPSA) is 49.8 Å². The molecule has 0 atom stereocenters. The van der Waals surface area contributed by atoms with E-state index in [9.17, 15) is 14.3 Å². The van der Waals surface area contributed by atoms with Crippen molar-refractivity contribution >= 4 is 6.09 Å². The molecule has 134 valence electrons. The van der Waals surface area contributed by atoms with Crippen molar-refractivity contribution in [1.82, 2.24) is 4.90 Å². The van der Waals surface area contributed by atoms with Gasteiger partial charge in [0.25, 0.3) is 0 Å². The summed E-state index contributed by atoms with van der Waals surface area (Å²) in [4.78, 5) is 13.6. The van der Waals surface area contributed by atoms with E-state index in [0.29, 0.717) is 24.0 Å². The highest BCUT2D eigenvalue weighted by atomic mass is 19.1. The normalized spacial score (nSPS) is 23.8. The number of benzene rings is 1. The molecule has 1 aromatic carbocycles. The van der Waals surface area contributed by atoms with E-state index in [1.165, 1.54) is 11.0 Å². The third kappa shape index (κ3) is 3.89. The Labute approximate surface area is 143 Å². The third-order valence-corrected chi connectivity index (χ3v) is 4.54. The summed E-state index contributed by atoms with van der Waals surface area (Å²) in [6.45, 7) is 9.31. The second-order valence-corrected chi connectivity index (χ2v) is 8.08. The van der Waals surface area contributed by atoms with Crippen molar-refractivity contribution in [1.29, 1.82) is 0 Å². The van der Waals surface area contributed by atoms with Crippen molar-refractivity contribution in [2.75, 3.05) is 7.05 Å². The smallest absolute Gasteiger partial charge is 0.410 e. The molecule has 1 saturated carbocycles. The van der Waals surface area contributed by atoms with Gasteiger partial charge in [-0.3, -0.25) is 0 Å². The first-order valence-corrected chi connectivity index (χ1v) is 8.41. The standard InChI is InChI=1S/C19H28FNO3/c1-12(2)15-8-7-13(9-16(15)20)19(23)10-14(11-19)21(6)17(22)24-18(3,4)5/h7-9,12,14,23H,10-11H2,1-6H3. The zero-order valence-corrected chi connectivity index (χ0v) is 15.4. The molecule has 0 aliphatic heterocycles. The molecule has 1 aromatic rings. The minimum Gasteiger partial charge on any atom is -0.444 e. The first-order chi connectivity index (χ1) is 10.9. The summed E-state index contributed by atoms with van der Waals surface area (Å²) in [5.41, 5.74) is -0.430. The van der Waals surface area contributed by atoms with Gasteiger partial charge in [-0.25, -0.2) is 9.18 Å². The van der Waals surface area contributed by atoms with Crippen LogP contribution < -0.4 is 0 Å². The van der Waals surface area contributed by atoms with Crippen LogP contribution in [0.15, 0.2) is 18.2 Å². The lowest BCUT2D eigenvalue weighted by molar-refractivity contribution is -0.0928. The molecule has 1 N–H and O–H groups in total. The van der Waals surface area contributed by atoms with Crippen molar-refractivity contribution in [2.24, 2.45) is 0 Å². The summed E-state index contributed by atoms with van der Waals surface area (Å²) in [7, 11) is 1.67. The fourth-order valence-electron chi connectivity index (χ4n) is 3.00. The molecule has 2 rings (SSSR count). The van der Waals surface area contributed by atoms with Crippen molar-refractivity contribution in [2.45, 2.75) is 70.6 Å². The second kappa shape index (κ2) is 6.36. The number of amides is 1. The first kappa shape index (κ1) is 18.7. The van der Waals surface area contributed by atoms with Gasteiger partial charge in [-0.1, -0.05) is 26.0 Å². The molecule has 0 bridgehead atoms. The Kier molecular flexibility index (Phi) is 4.96. The van der Waals surface area contributed by atoms with Gasteiger partial charge in [0, 0.05) is 25.9 Å². The highest BCUT2D eigenvalue weighted by molar-refractivity contribution is 5.68. The van der Waals surface area contributed by atoms with Gasteiger partial charge >= 0.3 is 6.09 Å². The number of rotatable bonds is 3. The van der Waals surface area contributed by atoms with Crippen LogP contribution in [-0.2, 0) is 10.3 Å². The Balaban J connectivity index is 2.04. The average molecular weight is 337 g/mol. The summed E-state index contributed by atoms with van der Waals surface area (Å²) in [5.74, 6) is -0.194. The lowest BCUT2D eigenvalue weighted by atomic mass is 9.70. The van der Waals surface area contributed by atoms with Gasteiger partial charge in [0.05, 0.1) is 5.60 Å². The van der Waals surface area contributed by atoms with Gasteiger partial charge in [-0.2, -0.15) is 0 Å². The molecule has 0 spiro atoms. The Morgan fingerprint density at radius 3 is 2.42 bits per heavy atom. The van der Waals surface area contributed by atoms with E-state index in [-0.39, 0.29) is 17.8 Å². The molecule has 0 unspecified atom stereocenters. The Morgan fingerprint density at radius 2 is 1.96 bits per heavy atom. The van der Waals surface area contributed by atoms with Gasteiger partial charge in [0.15, 0.2) is 0 Å². The maximum Gasteiger partial charge on any atom is 0.410 e. The number of halogens is 1. The van der Waals surface area contributed by atoms with Crippen LogP contribution >= 0.6 is 0 Å². The summed E-state index contributed by atoms with van der Waals surface area (Å²) in [6, 6.07) is 4.82. The van der Waals surface area contributed by atoms with E-state index in [4.69, 9.17) is 4.74 Å². The number of ether oxygens (including phenoxy) is 1. The highest BCUT2D eigenvalue weighted by Gasteiger charge is 2.47. The van der Waals surface area contributed by atoms with Crippen LogP contribution in [0.3, 0.4) is 0 Å². The van der Waals surface area contributed by atoms with Crippen LogP contribution in [0.4, 0.5) is 9.18 Å². The number of hydrogen-bond acceptors (Lipinski definition) is 3. The molecule has 24 heavy (non-hydrogen) atoms. The zero-order chi connectivity index (χ0) is 18.3. The predicted octanol–water partition coefficient (Wildman–Crippen LogP) is 4.17. The minimum atomic E-state index is -1.09. The number of nitrogens with zero attached hydrogens (tertiary/aromatic N) is 1. The molecule has 0 heterocycles. The molecule has 0 saturated heterocycles. The second-order valence-electron chi connectivity index (χ2n) is 8.08. The molecule has 0 radical (unpaired) electrons. The van der Waals surface area contributed by atoms with Gasteiger partial charge in [-0.15, -0.1) is 0 Å². The molecule has 0 aromatic heterocycles. The number of carbonyl (C=O) groups excluding carboxylic acids is 1. The molecular formula is C19H28FNO3.